The molecule has 94 valence electrons. The molecular weight excluding hydrogens is 218 g/mol. The summed E-state index contributed by atoms with van der Waals surface area (Å²) in [5.41, 5.74) is -0.257. The number of carboxylic acid groups (broad SMARTS) is 1. The summed E-state index contributed by atoms with van der Waals surface area (Å²) in [4.78, 5) is 22.8. The zero-order chi connectivity index (χ0) is 13.1. The lowest BCUT2D eigenvalue weighted by Gasteiger charge is -2.33. The molecule has 0 bridgehead atoms. The van der Waals surface area contributed by atoms with Gasteiger partial charge in [0.1, 0.15) is 0 Å². The predicted molar refractivity (Wildman–Crippen MR) is 66.5 cm³/mol. The summed E-state index contributed by atoms with van der Waals surface area (Å²) in [6.07, 6.45) is 3.89. The van der Waals surface area contributed by atoms with E-state index in [0.717, 1.165) is 19.3 Å². The number of aromatic nitrogens is 1. The van der Waals surface area contributed by atoms with Crippen molar-refractivity contribution in [3.05, 3.63) is 34.2 Å². The number of carbonyl (C=O) groups is 1. The summed E-state index contributed by atoms with van der Waals surface area (Å²) in [7, 11) is 0. The van der Waals surface area contributed by atoms with Gasteiger partial charge in [0.15, 0.2) is 0 Å². The molecule has 17 heavy (non-hydrogen) atoms. The highest BCUT2D eigenvalue weighted by Crippen LogP contribution is 2.27. The number of hydrogen-bond acceptors (Lipinski definition) is 2. The maximum Gasteiger partial charge on any atom is 0.337 e. The molecule has 1 aromatic rings. The predicted octanol–water partition coefficient (Wildman–Crippen LogP) is 2.47. The number of nitrogens with zero attached hydrogens (tertiary/aromatic N) is 1. The van der Waals surface area contributed by atoms with Crippen LogP contribution in [0.15, 0.2) is 23.1 Å². The van der Waals surface area contributed by atoms with Crippen molar-refractivity contribution in [3.63, 3.8) is 0 Å². The van der Waals surface area contributed by atoms with E-state index < -0.39 is 5.97 Å². The van der Waals surface area contributed by atoms with Crippen molar-refractivity contribution < 1.29 is 9.90 Å². The average molecular weight is 237 g/mol. The summed E-state index contributed by atoms with van der Waals surface area (Å²) in [5, 5.41) is 8.97. The monoisotopic (exact) mass is 237 g/mol. The van der Waals surface area contributed by atoms with Gasteiger partial charge >= 0.3 is 5.97 Å². The summed E-state index contributed by atoms with van der Waals surface area (Å²) >= 11 is 0. The molecular formula is C13H19NO3. The van der Waals surface area contributed by atoms with Gasteiger partial charge in [-0.15, -0.1) is 0 Å². The van der Waals surface area contributed by atoms with Crippen LogP contribution in [0.1, 0.15) is 50.4 Å². The molecule has 0 aliphatic heterocycles. The molecule has 0 unspecified atom stereocenters. The Bertz CT molecular complexity index is 450. The fourth-order valence-electron chi connectivity index (χ4n) is 2.25. The smallest absolute Gasteiger partial charge is 0.337 e. The Kier molecular flexibility index (Phi) is 4.10. The van der Waals surface area contributed by atoms with Crippen LogP contribution in [0.4, 0.5) is 0 Å². The first-order valence-corrected chi connectivity index (χ1v) is 5.97. The molecule has 0 fully saturated rings. The van der Waals surface area contributed by atoms with Crippen molar-refractivity contribution in [3.8, 4) is 0 Å². The fraction of sp³-hybridized carbons (Fsp3) is 0.538. The highest BCUT2D eigenvalue weighted by atomic mass is 16.4. The lowest BCUT2D eigenvalue weighted by molar-refractivity contribution is 0.0694. The molecule has 0 aromatic carbocycles. The zero-order valence-corrected chi connectivity index (χ0v) is 10.6. The van der Waals surface area contributed by atoms with Gasteiger partial charge in [-0.1, -0.05) is 20.8 Å². The fourth-order valence-corrected chi connectivity index (χ4v) is 2.25. The minimum absolute atomic E-state index is 0.138. The van der Waals surface area contributed by atoms with Gasteiger partial charge in [0, 0.05) is 17.8 Å². The van der Waals surface area contributed by atoms with E-state index in [2.05, 4.69) is 0 Å². The molecule has 0 saturated heterocycles. The Labute approximate surface area is 101 Å². The van der Waals surface area contributed by atoms with Crippen LogP contribution < -0.4 is 5.56 Å². The van der Waals surface area contributed by atoms with E-state index >= 15 is 0 Å². The molecule has 1 heterocycles. The van der Waals surface area contributed by atoms with Crippen LogP contribution in [0.5, 0.6) is 0 Å². The zero-order valence-electron chi connectivity index (χ0n) is 10.6. The molecule has 1 rings (SSSR count). The highest BCUT2D eigenvalue weighted by Gasteiger charge is 2.27. The molecule has 4 heteroatoms. The summed E-state index contributed by atoms with van der Waals surface area (Å²) in [6, 6.07) is 2.69. The number of rotatable bonds is 5. The van der Waals surface area contributed by atoms with Crippen molar-refractivity contribution in [2.24, 2.45) is 0 Å². The van der Waals surface area contributed by atoms with Gasteiger partial charge in [0.05, 0.1) is 5.56 Å². The van der Waals surface area contributed by atoms with E-state index in [1.807, 2.05) is 20.8 Å². The van der Waals surface area contributed by atoms with Crippen molar-refractivity contribution >= 4 is 5.97 Å². The molecule has 1 aromatic heterocycles. The van der Waals surface area contributed by atoms with Gasteiger partial charge in [-0.2, -0.15) is 0 Å². The minimum Gasteiger partial charge on any atom is -0.478 e. The Hall–Kier alpha value is -1.58. The van der Waals surface area contributed by atoms with E-state index in [0.29, 0.717) is 0 Å². The number of pyridine rings is 1. The number of carboxylic acids is 1. The van der Waals surface area contributed by atoms with E-state index in [1.54, 1.807) is 4.57 Å². The van der Waals surface area contributed by atoms with E-state index in [1.165, 1.54) is 18.3 Å². The third kappa shape index (κ3) is 2.40. The number of aromatic carboxylic acids is 1. The quantitative estimate of drug-likeness (QED) is 0.855. The van der Waals surface area contributed by atoms with E-state index in [9.17, 15) is 9.59 Å². The van der Waals surface area contributed by atoms with Crippen molar-refractivity contribution in [1.29, 1.82) is 0 Å². The second-order valence-corrected chi connectivity index (χ2v) is 4.22. The summed E-state index contributed by atoms with van der Waals surface area (Å²) in [5.74, 6) is -1.00. The van der Waals surface area contributed by atoms with Gasteiger partial charge < -0.3 is 9.67 Å². The van der Waals surface area contributed by atoms with Gasteiger partial charge in [-0.3, -0.25) is 4.79 Å². The third-order valence-corrected chi connectivity index (χ3v) is 3.64. The van der Waals surface area contributed by atoms with Crippen molar-refractivity contribution in [2.75, 3.05) is 0 Å². The van der Waals surface area contributed by atoms with Gasteiger partial charge in [-0.25, -0.2) is 4.79 Å². The van der Waals surface area contributed by atoms with Crippen LogP contribution in [-0.4, -0.2) is 15.6 Å². The van der Waals surface area contributed by atoms with Crippen LogP contribution >= 0.6 is 0 Å². The average Bonchev–Trinajstić information content (AvgIpc) is 2.33. The Balaban J connectivity index is 3.42. The minimum atomic E-state index is -1.00. The Morgan fingerprint density at radius 3 is 2.18 bits per heavy atom. The lowest BCUT2D eigenvalue weighted by atomic mass is 9.89. The molecule has 0 radical (unpaired) electrons. The van der Waals surface area contributed by atoms with Crippen LogP contribution in [0.2, 0.25) is 0 Å². The Morgan fingerprint density at radius 2 is 1.76 bits per heavy atom. The van der Waals surface area contributed by atoms with Gasteiger partial charge in [0.25, 0.3) is 5.56 Å². The first-order chi connectivity index (χ1) is 8.00. The SMILES string of the molecule is CCC(CC)(CC)n1cc(C(=O)O)ccc1=O. The maximum atomic E-state index is 11.9. The van der Waals surface area contributed by atoms with Crippen LogP contribution in [0, 0.1) is 0 Å². The van der Waals surface area contributed by atoms with Crippen LogP contribution in [-0.2, 0) is 5.54 Å². The van der Waals surface area contributed by atoms with Gasteiger partial charge in [-0.05, 0) is 25.3 Å². The van der Waals surface area contributed by atoms with Crippen molar-refractivity contribution in [2.45, 2.75) is 45.6 Å². The topological polar surface area (TPSA) is 59.3 Å². The first-order valence-electron chi connectivity index (χ1n) is 5.97. The highest BCUT2D eigenvalue weighted by molar-refractivity contribution is 5.87. The van der Waals surface area contributed by atoms with Gasteiger partial charge in [0.2, 0.25) is 0 Å². The third-order valence-electron chi connectivity index (χ3n) is 3.64. The Morgan fingerprint density at radius 1 is 1.24 bits per heavy atom. The standard InChI is InChI=1S/C13H19NO3/c1-4-13(5-2,6-3)14-9-10(12(16)17)7-8-11(14)15/h7-9H,4-6H2,1-3H3,(H,16,17). The first kappa shape index (κ1) is 13.5. The van der Waals surface area contributed by atoms with Crippen LogP contribution in [0.25, 0.3) is 0 Å². The molecule has 0 spiro atoms. The second kappa shape index (κ2) is 5.17. The largest absolute Gasteiger partial charge is 0.478 e. The normalized spacial score (nSPS) is 11.5. The maximum absolute atomic E-state index is 11.9. The summed E-state index contributed by atoms with van der Waals surface area (Å²) < 4.78 is 1.58. The second-order valence-electron chi connectivity index (χ2n) is 4.22. The molecule has 0 atom stereocenters. The van der Waals surface area contributed by atoms with E-state index in [4.69, 9.17) is 5.11 Å². The molecule has 0 saturated carbocycles. The van der Waals surface area contributed by atoms with Crippen LogP contribution in [0.3, 0.4) is 0 Å². The number of hydrogen-bond donors (Lipinski definition) is 1. The molecule has 4 nitrogen and oxygen atoms in total. The molecule has 0 aliphatic carbocycles. The molecule has 0 aliphatic rings. The lowest BCUT2D eigenvalue weighted by Crippen LogP contribution is -2.39. The summed E-state index contributed by atoms with van der Waals surface area (Å²) in [6.45, 7) is 6.06. The van der Waals surface area contributed by atoms with Crippen molar-refractivity contribution in [1.82, 2.24) is 4.57 Å². The molecule has 1 N–H and O–H groups in total. The molecule has 0 amide bonds. The van der Waals surface area contributed by atoms with E-state index in [-0.39, 0.29) is 16.7 Å².